The number of piperidine rings is 1. The van der Waals surface area contributed by atoms with Crippen molar-refractivity contribution >= 4 is 0 Å². The van der Waals surface area contributed by atoms with E-state index in [1.165, 1.54) is 24.9 Å². The van der Waals surface area contributed by atoms with Crippen LogP contribution >= 0.6 is 0 Å². The van der Waals surface area contributed by atoms with Gasteiger partial charge in [0.2, 0.25) is 0 Å². The number of hydrogen-bond acceptors (Lipinski definition) is 3. The number of likely N-dealkylation sites (tertiary alicyclic amines) is 1. The second kappa shape index (κ2) is 5.33. The summed E-state index contributed by atoms with van der Waals surface area (Å²) in [5.74, 6) is 0.677. The van der Waals surface area contributed by atoms with E-state index in [4.69, 9.17) is 9.52 Å². The average molecular weight is 209 g/mol. The molecule has 1 aliphatic heterocycles. The molecule has 1 aromatic rings. The molecule has 1 aliphatic rings. The summed E-state index contributed by atoms with van der Waals surface area (Å²) < 4.78 is 5.06. The maximum Gasteiger partial charge on any atom is 0.0947 e. The zero-order valence-electron chi connectivity index (χ0n) is 9.06. The highest BCUT2D eigenvalue weighted by Crippen LogP contribution is 2.20. The molecule has 0 amide bonds. The van der Waals surface area contributed by atoms with Gasteiger partial charge in [-0.05, 0) is 37.8 Å². The fourth-order valence-corrected chi connectivity index (χ4v) is 2.35. The van der Waals surface area contributed by atoms with E-state index in [0.29, 0.717) is 12.5 Å². The molecule has 0 spiro atoms. The second-order valence-electron chi connectivity index (χ2n) is 4.39. The topological polar surface area (TPSA) is 36.6 Å². The van der Waals surface area contributed by atoms with Crippen molar-refractivity contribution < 1.29 is 9.52 Å². The fraction of sp³-hybridized carbons (Fsp3) is 0.667. The van der Waals surface area contributed by atoms with Gasteiger partial charge in [-0.2, -0.15) is 0 Å². The number of hydrogen-bond donors (Lipinski definition) is 1. The summed E-state index contributed by atoms with van der Waals surface area (Å²) in [5.41, 5.74) is 1.25. The summed E-state index contributed by atoms with van der Waals surface area (Å²) in [6.07, 6.45) is 7.01. The Labute approximate surface area is 90.7 Å². The summed E-state index contributed by atoms with van der Waals surface area (Å²) in [6, 6.07) is 2.02. The van der Waals surface area contributed by atoms with E-state index in [2.05, 4.69) is 4.90 Å². The van der Waals surface area contributed by atoms with Crippen molar-refractivity contribution in [2.45, 2.75) is 25.8 Å². The Bertz CT molecular complexity index is 269. The van der Waals surface area contributed by atoms with E-state index >= 15 is 0 Å². The molecule has 1 fully saturated rings. The largest absolute Gasteiger partial charge is 0.472 e. The molecule has 2 heterocycles. The van der Waals surface area contributed by atoms with Gasteiger partial charge in [-0.15, -0.1) is 0 Å². The Morgan fingerprint density at radius 3 is 3.20 bits per heavy atom. The molecular formula is C12H19NO2. The van der Waals surface area contributed by atoms with Crippen LogP contribution in [0.25, 0.3) is 0 Å². The van der Waals surface area contributed by atoms with Crippen LogP contribution in [0.4, 0.5) is 0 Å². The summed E-state index contributed by atoms with van der Waals surface area (Å²) in [4.78, 5) is 2.45. The molecule has 0 radical (unpaired) electrons. The predicted molar refractivity (Wildman–Crippen MR) is 58.4 cm³/mol. The molecule has 3 heteroatoms. The monoisotopic (exact) mass is 209 g/mol. The maximum atomic E-state index is 8.93. The Morgan fingerprint density at radius 2 is 2.47 bits per heavy atom. The van der Waals surface area contributed by atoms with Gasteiger partial charge >= 0.3 is 0 Å². The standard InChI is InChI=1S/C12H19NO2/c14-6-3-11-2-1-5-13(8-11)9-12-4-7-15-10-12/h4,7,10-11,14H,1-3,5-6,8-9H2. The first kappa shape index (κ1) is 10.7. The van der Waals surface area contributed by atoms with Crippen molar-refractivity contribution in [1.82, 2.24) is 4.90 Å². The van der Waals surface area contributed by atoms with Crippen molar-refractivity contribution in [3.05, 3.63) is 24.2 Å². The van der Waals surface area contributed by atoms with Crippen LogP contribution in [0.5, 0.6) is 0 Å². The first-order valence-electron chi connectivity index (χ1n) is 5.73. The average Bonchev–Trinajstić information content (AvgIpc) is 2.71. The van der Waals surface area contributed by atoms with Crippen molar-refractivity contribution in [3.8, 4) is 0 Å². The normalized spacial score (nSPS) is 23.1. The third kappa shape index (κ3) is 3.08. The molecule has 15 heavy (non-hydrogen) atoms. The van der Waals surface area contributed by atoms with Gasteiger partial charge in [0, 0.05) is 25.3 Å². The van der Waals surface area contributed by atoms with Gasteiger partial charge in [0.15, 0.2) is 0 Å². The zero-order chi connectivity index (χ0) is 10.5. The Morgan fingerprint density at radius 1 is 1.53 bits per heavy atom. The SMILES string of the molecule is OCCC1CCCN(Cc2ccoc2)C1. The number of aliphatic hydroxyl groups is 1. The molecule has 0 bridgehead atoms. The summed E-state index contributed by atoms with van der Waals surface area (Å²) in [6.45, 7) is 3.60. The van der Waals surface area contributed by atoms with Crippen LogP contribution in [0.15, 0.2) is 23.0 Å². The lowest BCUT2D eigenvalue weighted by Gasteiger charge is -2.32. The highest BCUT2D eigenvalue weighted by Gasteiger charge is 2.19. The van der Waals surface area contributed by atoms with Crippen molar-refractivity contribution in [2.24, 2.45) is 5.92 Å². The van der Waals surface area contributed by atoms with Gasteiger partial charge in [-0.25, -0.2) is 0 Å². The molecule has 0 aliphatic carbocycles. The van der Waals surface area contributed by atoms with Gasteiger partial charge in [0.25, 0.3) is 0 Å². The first-order valence-corrected chi connectivity index (χ1v) is 5.73. The van der Waals surface area contributed by atoms with Gasteiger partial charge in [-0.3, -0.25) is 4.90 Å². The molecule has 3 nitrogen and oxygen atoms in total. The number of aliphatic hydroxyl groups excluding tert-OH is 1. The van der Waals surface area contributed by atoms with Crippen molar-refractivity contribution in [3.63, 3.8) is 0 Å². The third-order valence-corrected chi connectivity index (χ3v) is 3.13. The quantitative estimate of drug-likeness (QED) is 0.822. The molecule has 0 saturated carbocycles. The maximum absolute atomic E-state index is 8.93. The van der Waals surface area contributed by atoms with Crippen LogP contribution in [-0.4, -0.2) is 29.7 Å². The lowest BCUT2D eigenvalue weighted by atomic mass is 9.95. The van der Waals surface area contributed by atoms with Crippen LogP contribution < -0.4 is 0 Å². The molecule has 1 aromatic heterocycles. The highest BCUT2D eigenvalue weighted by atomic mass is 16.3. The third-order valence-electron chi connectivity index (χ3n) is 3.13. The van der Waals surface area contributed by atoms with Crippen LogP contribution in [-0.2, 0) is 6.54 Å². The van der Waals surface area contributed by atoms with Gasteiger partial charge < -0.3 is 9.52 Å². The van der Waals surface area contributed by atoms with Gasteiger partial charge in [0.05, 0.1) is 12.5 Å². The molecule has 2 rings (SSSR count). The molecule has 0 aromatic carbocycles. The minimum Gasteiger partial charge on any atom is -0.472 e. The van der Waals surface area contributed by atoms with Crippen LogP contribution in [0, 0.1) is 5.92 Å². The number of nitrogens with zero attached hydrogens (tertiary/aromatic N) is 1. The van der Waals surface area contributed by atoms with Crippen LogP contribution in [0.2, 0.25) is 0 Å². The van der Waals surface area contributed by atoms with E-state index in [1.54, 1.807) is 6.26 Å². The zero-order valence-corrected chi connectivity index (χ0v) is 9.06. The van der Waals surface area contributed by atoms with E-state index in [0.717, 1.165) is 19.5 Å². The number of rotatable bonds is 4. The Balaban J connectivity index is 1.82. The molecule has 1 unspecified atom stereocenters. The highest BCUT2D eigenvalue weighted by molar-refractivity contribution is 5.05. The Kier molecular flexibility index (Phi) is 3.80. The molecular weight excluding hydrogens is 190 g/mol. The minimum absolute atomic E-state index is 0.324. The molecule has 84 valence electrons. The second-order valence-corrected chi connectivity index (χ2v) is 4.39. The van der Waals surface area contributed by atoms with E-state index in [1.807, 2.05) is 12.3 Å². The fourth-order valence-electron chi connectivity index (χ4n) is 2.35. The van der Waals surface area contributed by atoms with Gasteiger partial charge in [0.1, 0.15) is 0 Å². The number of furan rings is 1. The van der Waals surface area contributed by atoms with Crippen molar-refractivity contribution in [1.29, 1.82) is 0 Å². The summed E-state index contributed by atoms with van der Waals surface area (Å²) in [5, 5.41) is 8.93. The van der Waals surface area contributed by atoms with E-state index in [9.17, 15) is 0 Å². The van der Waals surface area contributed by atoms with E-state index < -0.39 is 0 Å². The van der Waals surface area contributed by atoms with Gasteiger partial charge in [-0.1, -0.05) is 0 Å². The molecule has 1 saturated heterocycles. The molecule has 1 N–H and O–H groups in total. The molecule has 1 atom stereocenters. The lowest BCUT2D eigenvalue weighted by molar-refractivity contribution is 0.142. The predicted octanol–water partition coefficient (Wildman–Crippen LogP) is 1.87. The first-order chi connectivity index (χ1) is 7.38. The van der Waals surface area contributed by atoms with Crippen LogP contribution in [0.1, 0.15) is 24.8 Å². The van der Waals surface area contributed by atoms with Crippen molar-refractivity contribution in [2.75, 3.05) is 19.7 Å². The van der Waals surface area contributed by atoms with Crippen LogP contribution in [0.3, 0.4) is 0 Å². The Hall–Kier alpha value is -0.800. The smallest absolute Gasteiger partial charge is 0.0947 e. The minimum atomic E-state index is 0.324. The summed E-state index contributed by atoms with van der Waals surface area (Å²) in [7, 11) is 0. The lowest BCUT2D eigenvalue weighted by Crippen LogP contribution is -2.35. The van der Waals surface area contributed by atoms with E-state index in [-0.39, 0.29) is 0 Å². The summed E-state index contributed by atoms with van der Waals surface area (Å²) >= 11 is 0.